The number of nitrogens with zero attached hydrogens (tertiary/aromatic N) is 1. The molecule has 114 valence electrons. The molecule has 2 atom stereocenters. The molecule has 0 spiro atoms. The normalized spacial score (nSPS) is 21.1. The number of rotatable bonds is 3. The number of likely N-dealkylation sites (tertiary alicyclic amines) is 1. The van der Waals surface area contributed by atoms with Crippen LogP contribution in [0.3, 0.4) is 0 Å². The van der Waals surface area contributed by atoms with E-state index in [0.29, 0.717) is 17.0 Å². The number of β-amino-alcohol motifs (C(OH)–C–C–N with tert-alkyl or cyclic N) is 1. The molecule has 1 aliphatic rings. The lowest BCUT2D eigenvalue weighted by Crippen LogP contribution is -2.43. The molecule has 0 saturated carbocycles. The topological polar surface area (TPSA) is 125 Å². The molecule has 0 bridgehead atoms. The second kappa shape index (κ2) is 5.88. The lowest BCUT2D eigenvalue weighted by atomic mass is 10.1. The Hall–Kier alpha value is -2.48. The molecule has 5 N–H and O–H groups in total. The molecule has 0 aromatic heterocycles. The molecule has 1 saturated heterocycles. The van der Waals surface area contributed by atoms with Gasteiger partial charge in [0, 0.05) is 12.1 Å². The highest BCUT2D eigenvalue weighted by Crippen LogP contribution is 2.22. The Bertz CT molecular complexity index is 563. The molecule has 1 fully saturated rings. The monoisotopic (exact) mass is 295 g/mol. The van der Waals surface area contributed by atoms with Crippen molar-refractivity contribution in [2.45, 2.75) is 12.1 Å². The summed E-state index contributed by atoms with van der Waals surface area (Å²) in [5.74, 6) is -0.0497. The molecule has 1 aliphatic heterocycles. The third-order valence-electron chi connectivity index (χ3n) is 3.37. The molecule has 1 aromatic rings. The Labute approximate surface area is 121 Å². The van der Waals surface area contributed by atoms with E-state index in [4.69, 9.17) is 15.6 Å². The van der Waals surface area contributed by atoms with Crippen LogP contribution in [-0.4, -0.2) is 59.5 Å². The number of nitrogens with one attached hydrogen (secondary N) is 1. The van der Waals surface area contributed by atoms with Crippen molar-refractivity contribution in [1.82, 2.24) is 10.2 Å². The van der Waals surface area contributed by atoms with Crippen molar-refractivity contribution in [2.24, 2.45) is 0 Å². The van der Waals surface area contributed by atoms with Crippen molar-refractivity contribution in [2.75, 3.05) is 25.9 Å². The van der Waals surface area contributed by atoms with Gasteiger partial charge < -0.3 is 30.9 Å². The first-order chi connectivity index (χ1) is 9.92. The number of ether oxygens (including phenoxy) is 1. The maximum Gasteiger partial charge on any atom is 0.407 e. The van der Waals surface area contributed by atoms with E-state index in [-0.39, 0.29) is 13.1 Å². The van der Waals surface area contributed by atoms with Crippen LogP contribution in [-0.2, 0) is 0 Å². The largest absolute Gasteiger partial charge is 0.495 e. The average Bonchev–Trinajstić information content (AvgIpc) is 2.81. The zero-order valence-corrected chi connectivity index (χ0v) is 11.4. The fraction of sp³-hybridized carbons (Fsp3) is 0.385. The van der Waals surface area contributed by atoms with E-state index in [1.165, 1.54) is 19.2 Å². The Balaban J connectivity index is 2.06. The second-order valence-corrected chi connectivity index (χ2v) is 4.79. The molecule has 1 heterocycles. The van der Waals surface area contributed by atoms with Crippen molar-refractivity contribution in [3.05, 3.63) is 23.8 Å². The predicted molar refractivity (Wildman–Crippen MR) is 74.3 cm³/mol. The second-order valence-electron chi connectivity index (χ2n) is 4.79. The van der Waals surface area contributed by atoms with Crippen LogP contribution in [0.15, 0.2) is 18.2 Å². The summed E-state index contributed by atoms with van der Waals surface area (Å²) >= 11 is 0. The summed E-state index contributed by atoms with van der Waals surface area (Å²) in [4.78, 5) is 24.0. The first-order valence-electron chi connectivity index (χ1n) is 6.32. The third kappa shape index (κ3) is 3.16. The number of carbonyl (C=O) groups is 2. The fourth-order valence-electron chi connectivity index (χ4n) is 2.19. The summed E-state index contributed by atoms with van der Waals surface area (Å²) in [6.07, 6.45) is -2.05. The molecule has 0 unspecified atom stereocenters. The van der Waals surface area contributed by atoms with E-state index in [1.54, 1.807) is 6.07 Å². The molecule has 8 heteroatoms. The number of aliphatic hydroxyl groups is 1. The number of aliphatic hydroxyl groups excluding tert-OH is 1. The molecule has 2 rings (SSSR count). The van der Waals surface area contributed by atoms with Crippen LogP contribution in [0.4, 0.5) is 10.5 Å². The number of amides is 2. The van der Waals surface area contributed by atoms with E-state index in [9.17, 15) is 14.7 Å². The highest BCUT2D eigenvalue weighted by Gasteiger charge is 2.35. The van der Waals surface area contributed by atoms with Crippen LogP contribution in [0.25, 0.3) is 0 Å². The molecule has 8 nitrogen and oxygen atoms in total. The molecular formula is C13H17N3O5. The quantitative estimate of drug-likeness (QED) is 0.569. The first-order valence-corrected chi connectivity index (χ1v) is 6.32. The Morgan fingerprint density at radius 2 is 2.14 bits per heavy atom. The minimum Gasteiger partial charge on any atom is -0.495 e. The maximum atomic E-state index is 12.1. The summed E-state index contributed by atoms with van der Waals surface area (Å²) in [5.41, 5.74) is 6.40. The van der Waals surface area contributed by atoms with Gasteiger partial charge in [0.25, 0.3) is 5.91 Å². The molecule has 0 aliphatic carbocycles. The van der Waals surface area contributed by atoms with Crippen LogP contribution < -0.4 is 15.8 Å². The Kier molecular flexibility index (Phi) is 4.18. The van der Waals surface area contributed by atoms with Crippen molar-refractivity contribution >= 4 is 17.7 Å². The Morgan fingerprint density at radius 3 is 2.71 bits per heavy atom. The fourth-order valence-corrected chi connectivity index (χ4v) is 2.19. The number of benzene rings is 1. The van der Waals surface area contributed by atoms with Gasteiger partial charge in [-0.3, -0.25) is 4.79 Å². The number of carbonyl (C=O) groups excluding carboxylic acids is 1. The summed E-state index contributed by atoms with van der Waals surface area (Å²) in [6.45, 7) is 0.0275. The number of hydrogen-bond acceptors (Lipinski definition) is 5. The zero-order valence-electron chi connectivity index (χ0n) is 11.4. The average molecular weight is 295 g/mol. The number of nitrogens with two attached hydrogens (primary N) is 1. The van der Waals surface area contributed by atoms with Crippen LogP contribution in [0.2, 0.25) is 0 Å². The van der Waals surface area contributed by atoms with Gasteiger partial charge >= 0.3 is 6.09 Å². The van der Waals surface area contributed by atoms with Gasteiger partial charge in [-0.15, -0.1) is 0 Å². The van der Waals surface area contributed by atoms with Gasteiger partial charge in [-0.05, 0) is 18.2 Å². The van der Waals surface area contributed by atoms with E-state index in [2.05, 4.69) is 5.32 Å². The zero-order chi connectivity index (χ0) is 15.6. The molecule has 21 heavy (non-hydrogen) atoms. The van der Waals surface area contributed by atoms with Gasteiger partial charge in [0.1, 0.15) is 5.75 Å². The van der Waals surface area contributed by atoms with Crippen molar-refractivity contribution in [3.63, 3.8) is 0 Å². The highest BCUT2D eigenvalue weighted by atomic mass is 16.5. The van der Waals surface area contributed by atoms with Crippen LogP contribution >= 0.6 is 0 Å². The van der Waals surface area contributed by atoms with Crippen LogP contribution in [0.1, 0.15) is 10.4 Å². The SMILES string of the molecule is COc1cc(C(=O)N[C@@H]2CN(C(=O)O)C[C@H]2O)ccc1N. The summed E-state index contributed by atoms with van der Waals surface area (Å²) in [7, 11) is 1.44. The molecule has 0 radical (unpaired) electrons. The standard InChI is InChI=1S/C13H17N3O5/c1-21-11-4-7(2-3-8(11)14)12(18)15-9-5-16(13(19)20)6-10(9)17/h2-4,9-10,17H,5-6,14H2,1H3,(H,15,18)(H,19,20)/t9-,10-/m1/s1. The highest BCUT2D eigenvalue weighted by molar-refractivity contribution is 5.95. The minimum absolute atomic E-state index is 0.0225. The van der Waals surface area contributed by atoms with E-state index in [0.717, 1.165) is 4.90 Å². The van der Waals surface area contributed by atoms with Gasteiger partial charge in [-0.1, -0.05) is 0 Å². The molecule has 2 amide bonds. The Morgan fingerprint density at radius 1 is 1.43 bits per heavy atom. The summed E-state index contributed by atoms with van der Waals surface area (Å²) < 4.78 is 5.04. The minimum atomic E-state index is -1.13. The van der Waals surface area contributed by atoms with Crippen molar-refractivity contribution in [3.8, 4) is 5.75 Å². The number of carboxylic acid groups (broad SMARTS) is 1. The number of methoxy groups -OCH3 is 1. The maximum absolute atomic E-state index is 12.1. The smallest absolute Gasteiger partial charge is 0.407 e. The van der Waals surface area contributed by atoms with Gasteiger partial charge in [-0.2, -0.15) is 0 Å². The molecule has 1 aromatic carbocycles. The number of anilines is 1. The van der Waals surface area contributed by atoms with Crippen LogP contribution in [0.5, 0.6) is 5.75 Å². The summed E-state index contributed by atoms with van der Waals surface area (Å²) in [5, 5.41) is 21.3. The number of hydrogen-bond donors (Lipinski definition) is 4. The molecular weight excluding hydrogens is 278 g/mol. The predicted octanol–water partition coefficient (Wildman–Crippen LogP) is -0.270. The van der Waals surface area contributed by atoms with Gasteiger partial charge in [-0.25, -0.2) is 4.79 Å². The third-order valence-corrected chi connectivity index (χ3v) is 3.37. The van der Waals surface area contributed by atoms with Crippen molar-refractivity contribution in [1.29, 1.82) is 0 Å². The lowest BCUT2D eigenvalue weighted by molar-refractivity contribution is 0.0888. The van der Waals surface area contributed by atoms with E-state index in [1.807, 2.05) is 0 Å². The first kappa shape index (κ1) is 14.9. The van der Waals surface area contributed by atoms with E-state index < -0.39 is 24.1 Å². The van der Waals surface area contributed by atoms with Gasteiger partial charge in [0.15, 0.2) is 0 Å². The van der Waals surface area contributed by atoms with E-state index >= 15 is 0 Å². The van der Waals surface area contributed by atoms with Crippen LogP contribution in [0, 0.1) is 0 Å². The lowest BCUT2D eigenvalue weighted by Gasteiger charge is -2.16. The van der Waals surface area contributed by atoms with Crippen molar-refractivity contribution < 1.29 is 24.5 Å². The van der Waals surface area contributed by atoms with Gasteiger partial charge in [0.2, 0.25) is 0 Å². The van der Waals surface area contributed by atoms with Gasteiger partial charge in [0.05, 0.1) is 31.5 Å². The number of nitrogen functional groups attached to an aromatic ring is 1. The summed E-state index contributed by atoms with van der Waals surface area (Å²) in [6, 6.07) is 3.92.